The van der Waals surface area contributed by atoms with Crippen LogP contribution in [-0.2, 0) is 6.54 Å². The van der Waals surface area contributed by atoms with Gasteiger partial charge in [-0.1, -0.05) is 36.4 Å². The van der Waals surface area contributed by atoms with Crippen molar-refractivity contribution in [3.63, 3.8) is 0 Å². The fourth-order valence-corrected chi connectivity index (χ4v) is 5.70. The van der Waals surface area contributed by atoms with Gasteiger partial charge in [-0.2, -0.15) is 15.8 Å². The van der Waals surface area contributed by atoms with Gasteiger partial charge in [0.05, 0.1) is 33.7 Å². The number of rotatable bonds is 4. The highest BCUT2D eigenvalue weighted by molar-refractivity contribution is 7.10. The van der Waals surface area contributed by atoms with Crippen LogP contribution in [0.4, 0.5) is 5.69 Å². The Morgan fingerprint density at radius 3 is 2.56 bits per heavy atom. The van der Waals surface area contributed by atoms with Gasteiger partial charge in [0, 0.05) is 42.4 Å². The van der Waals surface area contributed by atoms with Gasteiger partial charge >= 0.3 is 0 Å². The number of nitriles is 3. The molecule has 1 aliphatic heterocycles. The van der Waals surface area contributed by atoms with Crippen molar-refractivity contribution in [1.29, 1.82) is 15.8 Å². The molecule has 0 fully saturated rings. The number of nitrogens with two attached hydrogens (primary N) is 1. The first-order valence-electron chi connectivity index (χ1n) is 9.87. The summed E-state index contributed by atoms with van der Waals surface area (Å²) in [5.74, 6) is -1.11. The highest BCUT2D eigenvalue weighted by Crippen LogP contribution is 2.55. The van der Waals surface area contributed by atoms with Gasteiger partial charge in [0.1, 0.15) is 6.07 Å². The molecule has 0 bridgehead atoms. The Morgan fingerprint density at radius 1 is 1.25 bits per heavy atom. The third-order valence-corrected chi connectivity index (χ3v) is 7.12. The minimum Gasteiger partial charge on any atom is -0.399 e. The second-order valence-corrected chi connectivity index (χ2v) is 8.76. The first kappa shape index (κ1) is 21.3. The van der Waals surface area contributed by atoms with Crippen LogP contribution >= 0.6 is 11.3 Å². The highest BCUT2D eigenvalue weighted by atomic mass is 32.1. The molecule has 8 nitrogen and oxygen atoms in total. The average Bonchev–Trinajstić information content (AvgIpc) is 3.29. The molecule has 2 aliphatic rings. The van der Waals surface area contributed by atoms with E-state index >= 15 is 0 Å². The van der Waals surface area contributed by atoms with E-state index in [2.05, 4.69) is 23.1 Å². The van der Waals surface area contributed by atoms with E-state index in [4.69, 9.17) is 5.73 Å². The van der Waals surface area contributed by atoms with Gasteiger partial charge in [-0.15, -0.1) is 11.3 Å². The van der Waals surface area contributed by atoms with Crippen LogP contribution in [0.5, 0.6) is 0 Å². The summed E-state index contributed by atoms with van der Waals surface area (Å²) in [4.78, 5) is 13.5. The zero-order valence-corrected chi connectivity index (χ0v) is 17.7. The van der Waals surface area contributed by atoms with Gasteiger partial charge in [0.15, 0.2) is 5.41 Å². The molecule has 0 saturated heterocycles. The molecule has 1 aliphatic carbocycles. The molecule has 2 N–H and O–H groups in total. The molecule has 1 aromatic carbocycles. The predicted molar refractivity (Wildman–Crippen MR) is 117 cm³/mol. The number of fused-ring (bicyclic) bond motifs is 1. The minimum absolute atomic E-state index is 0.0786. The van der Waals surface area contributed by atoms with E-state index in [0.29, 0.717) is 30.1 Å². The van der Waals surface area contributed by atoms with Gasteiger partial charge in [-0.25, -0.2) is 0 Å². The van der Waals surface area contributed by atoms with Crippen LogP contribution in [0.1, 0.15) is 16.4 Å². The van der Waals surface area contributed by atoms with Crippen molar-refractivity contribution in [2.45, 2.75) is 12.5 Å². The second-order valence-electron chi connectivity index (χ2n) is 7.82. The van der Waals surface area contributed by atoms with E-state index in [1.54, 1.807) is 0 Å². The summed E-state index contributed by atoms with van der Waals surface area (Å²) in [6.07, 6.45) is 1.93. The summed E-state index contributed by atoms with van der Waals surface area (Å²) in [5, 5.41) is 42.7. The predicted octanol–water partition coefficient (Wildman–Crippen LogP) is 3.58. The molecule has 0 amide bonds. The van der Waals surface area contributed by atoms with E-state index in [-0.39, 0.29) is 22.9 Å². The average molecular weight is 443 g/mol. The topological polar surface area (TPSA) is 144 Å². The number of nitrogens with zero attached hydrogens (tertiary/aromatic N) is 5. The summed E-state index contributed by atoms with van der Waals surface area (Å²) in [5.41, 5.74) is 6.31. The number of benzene rings is 1. The number of hydrogen-bond acceptors (Lipinski definition) is 8. The van der Waals surface area contributed by atoms with Crippen LogP contribution in [0.15, 0.2) is 64.7 Å². The van der Waals surface area contributed by atoms with Gasteiger partial charge in [0.2, 0.25) is 0 Å². The number of nitro groups is 1. The Kier molecular flexibility index (Phi) is 5.50. The number of thiophene rings is 1. The van der Waals surface area contributed by atoms with Crippen LogP contribution in [0, 0.1) is 55.4 Å². The molecule has 9 heteroatoms. The number of allylic oxidation sites excluding steroid dienone is 2. The maximum atomic E-state index is 11.3. The first-order valence-corrected chi connectivity index (χ1v) is 10.8. The maximum absolute atomic E-state index is 11.3. The lowest BCUT2D eigenvalue weighted by molar-refractivity contribution is -0.384. The maximum Gasteiger partial charge on any atom is 0.280 e. The van der Waals surface area contributed by atoms with Gasteiger partial charge < -0.3 is 5.73 Å². The smallest absolute Gasteiger partial charge is 0.280 e. The molecule has 1 aromatic heterocycles. The zero-order valence-electron chi connectivity index (χ0n) is 16.9. The third kappa shape index (κ3) is 3.33. The van der Waals surface area contributed by atoms with Crippen LogP contribution in [0.3, 0.4) is 0 Å². The Morgan fingerprint density at radius 2 is 1.97 bits per heavy atom. The molecule has 0 unspecified atom stereocenters. The second kappa shape index (κ2) is 8.28. The van der Waals surface area contributed by atoms with Crippen molar-refractivity contribution in [3.8, 4) is 18.2 Å². The molecule has 2 atom stereocenters. The Bertz CT molecular complexity index is 1240. The van der Waals surface area contributed by atoms with E-state index in [9.17, 15) is 25.9 Å². The normalized spacial score (nSPS) is 22.1. The third-order valence-electron chi connectivity index (χ3n) is 6.11. The highest BCUT2D eigenvalue weighted by Gasteiger charge is 2.55. The lowest BCUT2D eigenvalue weighted by atomic mass is 9.59. The molecular weight excluding hydrogens is 424 g/mol. The van der Waals surface area contributed by atoms with Gasteiger partial charge in [-0.3, -0.25) is 15.0 Å². The van der Waals surface area contributed by atoms with Crippen molar-refractivity contribution < 1.29 is 4.92 Å². The quantitative estimate of drug-likeness (QED) is 0.563. The largest absolute Gasteiger partial charge is 0.399 e. The summed E-state index contributed by atoms with van der Waals surface area (Å²) < 4.78 is 0. The molecule has 2 heterocycles. The Labute approximate surface area is 188 Å². The monoisotopic (exact) mass is 442 g/mol. The van der Waals surface area contributed by atoms with Crippen LogP contribution in [-0.4, -0.2) is 22.9 Å². The van der Waals surface area contributed by atoms with Crippen molar-refractivity contribution in [2.75, 3.05) is 13.1 Å². The van der Waals surface area contributed by atoms with Crippen molar-refractivity contribution in [2.24, 2.45) is 17.1 Å². The molecule has 2 aromatic rings. The fraction of sp³-hybridized carbons (Fsp3) is 0.261. The molecular formula is C23H18N6O2S. The Balaban J connectivity index is 1.84. The standard InChI is InChI=1S/C23H18N6O2S/c24-9-18-17-6-7-28(10-15-4-2-1-3-5-15)11-19(17)21(23(13-25,14-26)22(18)27)20-8-16(12-32-20)29(30)31/h1-6,8,12,19,21H,7,10-11,27H2/t19-,21-/m0/s1. The van der Waals surface area contributed by atoms with Crippen molar-refractivity contribution in [3.05, 3.63) is 85.3 Å². The Hall–Kier alpha value is -3.97. The van der Waals surface area contributed by atoms with Crippen molar-refractivity contribution >= 4 is 17.0 Å². The van der Waals surface area contributed by atoms with E-state index < -0.39 is 16.3 Å². The fourth-order valence-electron chi connectivity index (χ4n) is 4.62. The van der Waals surface area contributed by atoms with Crippen LogP contribution < -0.4 is 5.73 Å². The summed E-state index contributed by atoms with van der Waals surface area (Å²) in [6.45, 7) is 1.73. The molecule has 158 valence electrons. The SMILES string of the molecule is N#CC1=C(N)C(C#N)(C#N)[C@H](c2cc([N+](=O)[O-])cs2)[C@H]2CN(Cc3ccccc3)CC=C12. The molecule has 0 spiro atoms. The van der Waals surface area contributed by atoms with Gasteiger partial charge in [-0.05, 0) is 11.1 Å². The number of hydrogen-bond donors (Lipinski definition) is 1. The first-order chi connectivity index (χ1) is 15.4. The molecule has 4 rings (SSSR count). The van der Waals surface area contributed by atoms with Gasteiger partial charge in [0.25, 0.3) is 5.69 Å². The van der Waals surface area contributed by atoms with Crippen LogP contribution in [0.2, 0.25) is 0 Å². The summed E-state index contributed by atoms with van der Waals surface area (Å²) in [7, 11) is 0. The van der Waals surface area contributed by atoms with E-state index in [1.165, 1.54) is 11.4 Å². The van der Waals surface area contributed by atoms with E-state index in [1.807, 2.05) is 36.4 Å². The summed E-state index contributed by atoms with van der Waals surface area (Å²) in [6, 6.07) is 17.5. The molecule has 32 heavy (non-hydrogen) atoms. The van der Waals surface area contributed by atoms with Crippen molar-refractivity contribution in [1.82, 2.24) is 4.90 Å². The molecule has 0 saturated carbocycles. The summed E-state index contributed by atoms with van der Waals surface area (Å²) >= 11 is 1.14. The minimum atomic E-state index is -1.79. The van der Waals surface area contributed by atoms with Crippen LogP contribution in [0.25, 0.3) is 0 Å². The molecule has 0 radical (unpaired) electrons. The zero-order chi connectivity index (χ0) is 22.9. The lowest BCUT2D eigenvalue weighted by Gasteiger charge is -2.45. The van der Waals surface area contributed by atoms with E-state index in [0.717, 1.165) is 16.9 Å². The lowest BCUT2D eigenvalue weighted by Crippen LogP contribution is -2.47.